The lowest BCUT2D eigenvalue weighted by molar-refractivity contribution is -0.275. The van der Waals surface area contributed by atoms with E-state index in [0.29, 0.717) is 6.07 Å². The fourth-order valence-electron chi connectivity index (χ4n) is 2.78. The van der Waals surface area contributed by atoms with Crippen LogP contribution in [0.5, 0.6) is 11.5 Å². The van der Waals surface area contributed by atoms with E-state index in [1.807, 2.05) is 0 Å². The first kappa shape index (κ1) is 23.2. The van der Waals surface area contributed by atoms with Gasteiger partial charge < -0.3 is 9.47 Å². The minimum absolute atomic E-state index is 0.0505. The van der Waals surface area contributed by atoms with Crippen LogP contribution in [-0.2, 0) is 6.18 Å². The Morgan fingerprint density at radius 2 is 1.09 bits per heavy atom. The Bertz CT molecular complexity index is 1110. The highest BCUT2D eigenvalue weighted by Crippen LogP contribution is 2.39. The molecule has 32 heavy (non-hydrogen) atoms. The Morgan fingerprint density at radius 3 is 1.59 bits per heavy atom. The molecule has 0 spiro atoms. The van der Waals surface area contributed by atoms with E-state index in [2.05, 4.69) is 14.5 Å². The lowest BCUT2D eigenvalue weighted by atomic mass is 10.00. The lowest BCUT2D eigenvalue weighted by Crippen LogP contribution is -2.17. The highest BCUT2D eigenvalue weighted by atomic mass is 19.4. The van der Waals surface area contributed by atoms with Gasteiger partial charge in [0, 0.05) is 17.3 Å². The van der Waals surface area contributed by atoms with Crippen LogP contribution < -0.4 is 9.47 Å². The highest BCUT2D eigenvalue weighted by molar-refractivity contribution is 5.72. The second-order valence-electron chi connectivity index (χ2n) is 6.27. The number of pyridine rings is 1. The van der Waals surface area contributed by atoms with Crippen molar-refractivity contribution in [1.29, 1.82) is 0 Å². The number of hydrogen-bond donors (Lipinski definition) is 0. The molecule has 0 amide bonds. The smallest absolute Gasteiger partial charge is 0.406 e. The fraction of sp³-hybridized carbons (Fsp3) is 0.150. The molecule has 0 saturated carbocycles. The van der Waals surface area contributed by atoms with Crippen LogP contribution in [0.25, 0.3) is 22.4 Å². The number of benzene rings is 2. The average Bonchev–Trinajstić information content (AvgIpc) is 2.64. The molecule has 12 heteroatoms. The van der Waals surface area contributed by atoms with Gasteiger partial charge in [-0.1, -0.05) is 24.3 Å². The molecule has 0 bridgehead atoms. The van der Waals surface area contributed by atoms with Gasteiger partial charge in [0.05, 0.1) is 11.3 Å². The Hall–Kier alpha value is -3.44. The largest absolute Gasteiger partial charge is 0.573 e. The van der Waals surface area contributed by atoms with Gasteiger partial charge in [0.2, 0.25) is 0 Å². The van der Waals surface area contributed by atoms with Crippen molar-refractivity contribution in [3.05, 3.63) is 66.4 Å². The zero-order valence-electron chi connectivity index (χ0n) is 15.4. The molecule has 170 valence electrons. The van der Waals surface area contributed by atoms with Crippen molar-refractivity contribution in [2.45, 2.75) is 18.9 Å². The predicted molar refractivity (Wildman–Crippen MR) is 93.5 cm³/mol. The molecule has 1 aromatic heterocycles. The molecule has 0 fully saturated rings. The minimum Gasteiger partial charge on any atom is -0.406 e. The minimum atomic E-state index is -5.05. The SMILES string of the molecule is FC(F)(F)Oc1cccc(-c2cnc(-c3cccc(OC(F)(F)F)c3)c(C(F)(F)F)c2)c1. The van der Waals surface area contributed by atoms with Gasteiger partial charge in [-0.05, 0) is 35.9 Å². The summed E-state index contributed by atoms with van der Waals surface area (Å²) < 4.78 is 123. The Labute approximate surface area is 174 Å². The molecule has 0 saturated heterocycles. The van der Waals surface area contributed by atoms with Crippen LogP contribution in [0.3, 0.4) is 0 Å². The molecule has 0 radical (unpaired) electrons. The summed E-state index contributed by atoms with van der Waals surface area (Å²) in [4.78, 5) is 3.71. The molecule has 2 aromatic carbocycles. The maximum atomic E-state index is 13.7. The standard InChI is InChI=1S/C20H10F9NO2/c21-18(22,23)16-9-13(11-3-1-5-14(7-11)31-19(24,25)26)10-30-17(16)12-4-2-6-15(8-12)32-20(27,28)29/h1-10H. The van der Waals surface area contributed by atoms with Gasteiger partial charge >= 0.3 is 18.9 Å². The van der Waals surface area contributed by atoms with Gasteiger partial charge in [0.25, 0.3) is 0 Å². The van der Waals surface area contributed by atoms with Crippen LogP contribution in [0, 0.1) is 0 Å². The number of halogens is 9. The Morgan fingerprint density at radius 1 is 0.594 bits per heavy atom. The number of aromatic nitrogens is 1. The fourth-order valence-corrected chi connectivity index (χ4v) is 2.78. The first-order valence-corrected chi connectivity index (χ1v) is 8.51. The second kappa shape index (κ2) is 8.24. The predicted octanol–water partition coefficient (Wildman–Crippen LogP) is 7.23. The topological polar surface area (TPSA) is 31.4 Å². The summed E-state index contributed by atoms with van der Waals surface area (Å²) in [6, 6.07) is 8.69. The number of ether oxygens (including phenoxy) is 2. The van der Waals surface area contributed by atoms with Crippen molar-refractivity contribution in [2.24, 2.45) is 0 Å². The summed E-state index contributed by atoms with van der Waals surface area (Å²) in [5.74, 6) is -1.39. The van der Waals surface area contributed by atoms with Crippen LogP contribution in [0.4, 0.5) is 39.5 Å². The van der Waals surface area contributed by atoms with Crippen LogP contribution >= 0.6 is 0 Å². The van der Waals surface area contributed by atoms with Gasteiger partial charge in [-0.2, -0.15) is 13.2 Å². The van der Waals surface area contributed by atoms with Gasteiger partial charge in [-0.25, -0.2) is 0 Å². The molecule has 0 aliphatic rings. The van der Waals surface area contributed by atoms with E-state index in [9.17, 15) is 39.5 Å². The highest BCUT2D eigenvalue weighted by Gasteiger charge is 2.36. The molecule has 0 aliphatic heterocycles. The molecule has 0 atom stereocenters. The van der Waals surface area contributed by atoms with Crippen molar-refractivity contribution in [3.8, 4) is 33.9 Å². The summed E-state index contributed by atoms with van der Waals surface area (Å²) in [7, 11) is 0. The van der Waals surface area contributed by atoms with Crippen molar-refractivity contribution in [3.63, 3.8) is 0 Å². The summed E-state index contributed by atoms with van der Waals surface area (Å²) in [5, 5.41) is 0. The molecule has 1 heterocycles. The average molecular weight is 467 g/mol. The lowest BCUT2D eigenvalue weighted by Gasteiger charge is -2.16. The van der Waals surface area contributed by atoms with E-state index in [4.69, 9.17) is 0 Å². The summed E-state index contributed by atoms with van der Waals surface area (Å²) in [6.45, 7) is 0. The number of rotatable bonds is 4. The molecule has 0 unspecified atom stereocenters. The van der Waals surface area contributed by atoms with E-state index in [-0.39, 0.29) is 16.7 Å². The van der Waals surface area contributed by atoms with E-state index < -0.39 is 41.7 Å². The zero-order valence-corrected chi connectivity index (χ0v) is 15.4. The molecule has 3 rings (SSSR count). The molecular formula is C20H10F9NO2. The quantitative estimate of drug-likeness (QED) is 0.380. The van der Waals surface area contributed by atoms with Crippen molar-refractivity contribution < 1.29 is 49.0 Å². The van der Waals surface area contributed by atoms with E-state index in [1.54, 1.807) is 0 Å². The first-order valence-electron chi connectivity index (χ1n) is 8.51. The van der Waals surface area contributed by atoms with E-state index in [1.165, 1.54) is 6.07 Å². The summed E-state index contributed by atoms with van der Waals surface area (Å²) in [5.41, 5.74) is -2.53. The van der Waals surface area contributed by atoms with Gasteiger partial charge in [0.1, 0.15) is 11.5 Å². The summed E-state index contributed by atoms with van der Waals surface area (Å²) >= 11 is 0. The van der Waals surface area contributed by atoms with Crippen LogP contribution in [0.1, 0.15) is 5.56 Å². The molecular weight excluding hydrogens is 457 g/mol. The number of hydrogen-bond acceptors (Lipinski definition) is 3. The van der Waals surface area contributed by atoms with Crippen molar-refractivity contribution >= 4 is 0 Å². The third-order valence-electron chi connectivity index (χ3n) is 3.94. The van der Waals surface area contributed by atoms with Crippen LogP contribution in [0.2, 0.25) is 0 Å². The zero-order chi connectivity index (χ0) is 23.7. The normalized spacial score (nSPS) is 12.5. The third-order valence-corrected chi connectivity index (χ3v) is 3.94. The maximum absolute atomic E-state index is 13.7. The third kappa shape index (κ3) is 6.05. The van der Waals surface area contributed by atoms with Crippen molar-refractivity contribution in [2.75, 3.05) is 0 Å². The van der Waals surface area contributed by atoms with Crippen LogP contribution in [0.15, 0.2) is 60.8 Å². The van der Waals surface area contributed by atoms with Gasteiger partial charge in [-0.3, -0.25) is 4.98 Å². The monoisotopic (exact) mass is 467 g/mol. The first-order chi connectivity index (χ1) is 14.7. The van der Waals surface area contributed by atoms with Crippen LogP contribution in [-0.4, -0.2) is 17.7 Å². The number of nitrogens with zero attached hydrogens (tertiary/aromatic N) is 1. The second-order valence-corrected chi connectivity index (χ2v) is 6.27. The van der Waals surface area contributed by atoms with E-state index in [0.717, 1.165) is 48.7 Å². The maximum Gasteiger partial charge on any atom is 0.573 e. The van der Waals surface area contributed by atoms with Crippen molar-refractivity contribution in [1.82, 2.24) is 4.98 Å². The van der Waals surface area contributed by atoms with Gasteiger partial charge in [-0.15, -0.1) is 26.3 Å². The number of alkyl halides is 9. The molecule has 3 aromatic rings. The molecule has 3 nitrogen and oxygen atoms in total. The summed E-state index contributed by atoms with van der Waals surface area (Å²) in [6.07, 6.45) is -14.1. The van der Waals surface area contributed by atoms with Gasteiger partial charge in [0.15, 0.2) is 0 Å². The molecule has 0 N–H and O–H groups in total. The molecule has 0 aliphatic carbocycles. The van der Waals surface area contributed by atoms with E-state index >= 15 is 0 Å². The Balaban J connectivity index is 2.05. The Kier molecular flexibility index (Phi) is 5.98.